The largest absolute Gasteiger partial charge is 0.447 e. The van der Waals surface area contributed by atoms with Gasteiger partial charge in [0.15, 0.2) is 0 Å². The molecule has 1 saturated heterocycles. The zero-order valence-corrected chi connectivity index (χ0v) is 17.7. The maximum absolute atomic E-state index is 13.3. The summed E-state index contributed by atoms with van der Waals surface area (Å²) in [5.41, 5.74) is 0. The Kier molecular flexibility index (Phi) is 7.56. The summed E-state index contributed by atoms with van der Waals surface area (Å²) in [5.74, 6) is 0.205. The van der Waals surface area contributed by atoms with E-state index in [0.717, 1.165) is 44.9 Å². The van der Waals surface area contributed by atoms with Crippen molar-refractivity contribution in [1.82, 2.24) is 15.5 Å². The van der Waals surface area contributed by atoms with Crippen molar-refractivity contribution >= 4 is 17.9 Å². The highest BCUT2D eigenvalue weighted by Crippen LogP contribution is 2.33. The number of allylic oxidation sites excluding steroid dienone is 1. The fourth-order valence-electron chi connectivity index (χ4n) is 4.13. The average Bonchev–Trinajstić information content (AvgIpc) is 3.23. The molecule has 2 N–H and O–H groups in total. The Morgan fingerprint density at radius 2 is 2.10 bits per heavy atom. The van der Waals surface area contributed by atoms with E-state index in [1.807, 2.05) is 13.8 Å². The smallest absolute Gasteiger partial charge is 0.408 e. The number of hydrogen-bond acceptors (Lipinski definition) is 4. The molecule has 162 valence electrons. The average molecular weight is 406 g/mol. The minimum absolute atomic E-state index is 0.0625. The molecule has 0 spiro atoms. The van der Waals surface area contributed by atoms with Crippen molar-refractivity contribution in [2.45, 2.75) is 95.9 Å². The molecule has 3 aliphatic rings. The second-order valence-electron chi connectivity index (χ2n) is 8.59. The number of carbonyl (C=O) groups is 3. The van der Waals surface area contributed by atoms with E-state index < -0.39 is 18.2 Å². The number of fused-ring (bicyclic) bond motifs is 2. The molecular formula is C22H35N3O4. The molecule has 0 bridgehead atoms. The fourth-order valence-corrected chi connectivity index (χ4v) is 4.13. The third kappa shape index (κ3) is 5.97. The lowest BCUT2D eigenvalue weighted by atomic mass is 10.1. The first-order valence-corrected chi connectivity index (χ1v) is 11.2. The van der Waals surface area contributed by atoms with Crippen LogP contribution in [0.2, 0.25) is 0 Å². The molecule has 2 heterocycles. The third-order valence-electron chi connectivity index (χ3n) is 6.23. The Morgan fingerprint density at radius 1 is 1.28 bits per heavy atom. The van der Waals surface area contributed by atoms with Gasteiger partial charge in [-0.25, -0.2) is 4.79 Å². The van der Waals surface area contributed by atoms with Crippen LogP contribution in [0, 0.1) is 5.92 Å². The van der Waals surface area contributed by atoms with E-state index in [2.05, 4.69) is 22.8 Å². The molecule has 0 aromatic rings. The van der Waals surface area contributed by atoms with Gasteiger partial charge in [0.2, 0.25) is 11.8 Å². The van der Waals surface area contributed by atoms with Gasteiger partial charge in [-0.05, 0) is 57.8 Å². The number of nitrogens with one attached hydrogen (secondary N) is 2. The maximum atomic E-state index is 13.3. The van der Waals surface area contributed by atoms with Gasteiger partial charge in [0, 0.05) is 12.6 Å². The van der Waals surface area contributed by atoms with E-state index in [-0.39, 0.29) is 24.0 Å². The van der Waals surface area contributed by atoms with Crippen LogP contribution in [0.4, 0.5) is 4.79 Å². The van der Waals surface area contributed by atoms with E-state index in [1.165, 1.54) is 0 Å². The monoisotopic (exact) mass is 405 g/mol. The third-order valence-corrected chi connectivity index (χ3v) is 6.23. The number of carbonyl (C=O) groups excluding carboxylic acids is 3. The summed E-state index contributed by atoms with van der Waals surface area (Å²) in [6.07, 6.45) is 11.3. The summed E-state index contributed by atoms with van der Waals surface area (Å²) in [6.45, 7) is 4.33. The van der Waals surface area contributed by atoms with Gasteiger partial charge in [-0.1, -0.05) is 31.9 Å². The van der Waals surface area contributed by atoms with Crippen LogP contribution in [0.5, 0.6) is 0 Å². The summed E-state index contributed by atoms with van der Waals surface area (Å²) in [6, 6.07) is -0.886. The number of alkyl carbamates (subject to hydrolysis) is 1. The molecule has 3 amide bonds. The van der Waals surface area contributed by atoms with Gasteiger partial charge in [0.1, 0.15) is 18.2 Å². The van der Waals surface area contributed by atoms with Gasteiger partial charge < -0.3 is 20.3 Å². The zero-order chi connectivity index (χ0) is 20.8. The highest BCUT2D eigenvalue weighted by molar-refractivity contribution is 5.92. The molecule has 1 saturated carbocycles. The summed E-state index contributed by atoms with van der Waals surface area (Å²) in [5, 5.41) is 5.88. The highest BCUT2D eigenvalue weighted by Gasteiger charge is 2.42. The lowest BCUT2D eigenvalue weighted by Crippen LogP contribution is -2.54. The molecule has 1 unspecified atom stereocenters. The van der Waals surface area contributed by atoms with Crippen molar-refractivity contribution in [3.8, 4) is 0 Å². The van der Waals surface area contributed by atoms with Crippen LogP contribution >= 0.6 is 0 Å². The predicted octanol–water partition coefficient (Wildman–Crippen LogP) is 2.90. The maximum Gasteiger partial charge on any atom is 0.408 e. The molecule has 0 aromatic carbocycles. The molecule has 7 nitrogen and oxygen atoms in total. The zero-order valence-electron chi connectivity index (χ0n) is 17.7. The number of nitrogens with zero attached hydrogens (tertiary/aromatic N) is 1. The minimum Gasteiger partial charge on any atom is -0.447 e. The van der Waals surface area contributed by atoms with Gasteiger partial charge in [0.05, 0.1) is 0 Å². The minimum atomic E-state index is -0.644. The summed E-state index contributed by atoms with van der Waals surface area (Å²) >= 11 is 0. The van der Waals surface area contributed by atoms with Gasteiger partial charge in [-0.2, -0.15) is 0 Å². The topological polar surface area (TPSA) is 87.7 Å². The van der Waals surface area contributed by atoms with Crippen molar-refractivity contribution in [3.63, 3.8) is 0 Å². The van der Waals surface area contributed by atoms with Crippen molar-refractivity contribution in [2.75, 3.05) is 6.54 Å². The fraction of sp³-hybridized carbons (Fsp3) is 0.773. The number of hydrogen-bond donors (Lipinski definition) is 2. The summed E-state index contributed by atoms with van der Waals surface area (Å²) in [7, 11) is 0. The van der Waals surface area contributed by atoms with Crippen LogP contribution in [-0.2, 0) is 14.3 Å². The molecule has 2 fully saturated rings. The van der Waals surface area contributed by atoms with Crippen LogP contribution in [0.25, 0.3) is 0 Å². The number of ether oxygens (including phenoxy) is 1. The van der Waals surface area contributed by atoms with E-state index in [0.29, 0.717) is 25.3 Å². The predicted molar refractivity (Wildman–Crippen MR) is 110 cm³/mol. The van der Waals surface area contributed by atoms with E-state index >= 15 is 0 Å². The highest BCUT2D eigenvalue weighted by atomic mass is 16.6. The number of rotatable bonds is 3. The van der Waals surface area contributed by atoms with E-state index in [1.54, 1.807) is 4.90 Å². The lowest BCUT2D eigenvalue weighted by Gasteiger charge is -2.29. The molecule has 29 heavy (non-hydrogen) atoms. The Balaban J connectivity index is 1.70. The first-order valence-electron chi connectivity index (χ1n) is 11.2. The van der Waals surface area contributed by atoms with Crippen LogP contribution in [-0.4, -0.2) is 53.6 Å². The lowest BCUT2D eigenvalue weighted by molar-refractivity contribution is -0.140. The van der Waals surface area contributed by atoms with Gasteiger partial charge >= 0.3 is 6.09 Å². The van der Waals surface area contributed by atoms with Crippen LogP contribution in [0.1, 0.15) is 71.6 Å². The molecule has 0 aromatic heterocycles. The van der Waals surface area contributed by atoms with Crippen molar-refractivity contribution in [2.24, 2.45) is 5.92 Å². The van der Waals surface area contributed by atoms with Crippen LogP contribution < -0.4 is 10.6 Å². The molecule has 0 radical (unpaired) electrons. The second-order valence-corrected chi connectivity index (χ2v) is 8.59. The van der Waals surface area contributed by atoms with E-state index in [4.69, 9.17) is 4.74 Å². The Morgan fingerprint density at radius 3 is 2.90 bits per heavy atom. The van der Waals surface area contributed by atoms with Crippen molar-refractivity contribution in [3.05, 3.63) is 12.2 Å². The van der Waals surface area contributed by atoms with Gasteiger partial charge in [-0.15, -0.1) is 0 Å². The van der Waals surface area contributed by atoms with Crippen molar-refractivity contribution in [1.29, 1.82) is 0 Å². The molecule has 5 atom stereocenters. The molecule has 2 aliphatic heterocycles. The van der Waals surface area contributed by atoms with Crippen LogP contribution in [0.3, 0.4) is 0 Å². The first kappa shape index (κ1) is 21.7. The molecular weight excluding hydrogens is 370 g/mol. The normalized spacial score (nSPS) is 32.7. The molecule has 3 rings (SSSR count). The Labute approximate surface area is 173 Å². The number of amides is 3. The van der Waals surface area contributed by atoms with Gasteiger partial charge in [-0.3, -0.25) is 9.59 Å². The van der Waals surface area contributed by atoms with Crippen molar-refractivity contribution < 1.29 is 19.1 Å². The first-order chi connectivity index (χ1) is 14.0. The standard InChI is InChI=1S/C22H35N3O4/c1-3-15(2)29-22(28)24-17-11-8-6-4-5-7-10-16-14-18(16)23-20(26)19-12-9-13-25(19)21(17)27/h7,10,15-19H,3-6,8-9,11-14H2,1-2H3,(H,23,26)(H,24,28)/b10-7-/t15?,16-,17+,18-,19+/m1/s1. The SMILES string of the molecule is CCC(C)OC(=O)N[C@H]1CCCCC/C=C\[C@@H]2C[C@H]2NC(=O)[C@@H]2CCCN2C1=O. The molecule has 1 aliphatic carbocycles. The van der Waals surface area contributed by atoms with Crippen LogP contribution in [0.15, 0.2) is 12.2 Å². The quantitative estimate of drug-likeness (QED) is 0.707. The molecule has 7 heteroatoms. The summed E-state index contributed by atoms with van der Waals surface area (Å²) in [4.78, 5) is 40.0. The van der Waals surface area contributed by atoms with Gasteiger partial charge in [0.25, 0.3) is 0 Å². The Bertz CT molecular complexity index is 636. The van der Waals surface area contributed by atoms with E-state index in [9.17, 15) is 14.4 Å². The second kappa shape index (κ2) is 10.1. The Hall–Kier alpha value is -2.05. The summed E-state index contributed by atoms with van der Waals surface area (Å²) < 4.78 is 5.32.